The van der Waals surface area contributed by atoms with Gasteiger partial charge in [-0.2, -0.15) is 0 Å². The van der Waals surface area contributed by atoms with E-state index in [1.54, 1.807) is 24.3 Å². The number of carbonyl (C=O) groups is 4. The van der Waals surface area contributed by atoms with E-state index in [2.05, 4.69) is 15.4 Å². The van der Waals surface area contributed by atoms with Crippen LogP contribution >= 0.6 is 0 Å². The third kappa shape index (κ3) is 7.92. The Morgan fingerprint density at radius 3 is 2.00 bits per heavy atom. The lowest BCUT2D eigenvalue weighted by molar-refractivity contribution is -0.137. The Labute approximate surface area is 139 Å². The molecular formula is C16H20N2O6. The smallest absolute Gasteiger partial charge is 0.303 e. The molecule has 0 radical (unpaired) electrons. The lowest BCUT2D eigenvalue weighted by Gasteiger charge is -2.12. The zero-order chi connectivity index (χ0) is 17.8. The van der Waals surface area contributed by atoms with Gasteiger partial charge in [0.1, 0.15) is 0 Å². The van der Waals surface area contributed by atoms with Gasteiger partial charge < -0.3 is 20.5 Å². The molecule has 0 spiro atoms. The molecule has 0 heterocycles. The van der Waals surface area contributed by atoms with Gasteiger partial charge in [0.15, 0.2) is 0 Å². The number of carbonyl (C=O) groups excluding carboxylic acids is 3. The number of hydrogen-bond donors (Lipinski definition) is 3. The van der Waals surface area contributed by atoms with E-state index in [0.29, 0.717) is 24.3 Å². The molecule has 24 heavy (non-hydrogen) atoms. The number of anilines is 2. The fourth-order valence-corrected chi connectivity index (χ4v) is 1.89. The maximum Gasteiger partial charge on any atom is 0.303 e. The highest BCUT2D eigenvalue weighted by Gasteiger charge is 2.10. The largest absolute Gasteiger partial charge is 0.481 e. The Kier molecular flexibility index (Phi) is 8.59. The minimum absolute atomic E-state index is 0.0747. The van der Waals surface area contributed by atoms with Crippen molar-refractivity contribution in [2.75, 3.05) is 17.2 Å². The molecule has 1 rings (SSSR count). The first-order chi connectivity index (χ1) is 11.5. The highest BCUT2D eigenvalue weighted by atomic mass is 16.5. The quantitative estimate of drug-likeness (QED) is 0.418. The zero-order valence-corrected chi connectivity index (χ0v) is 13.1. The average molecular weight is 336 g/mol. The van der Waals surface area contributed by atoms with Gasteiger partial charge in [-0.05, 0) is 25.0 Å². The van der Waals surface area contributed by atoms with E-state index < -0.39 is 5.97 Å². The standard InChI is InChI=1S/C16H20N2O6/c19-11-24-10-4-8-15(21)18-13-6-2-1-5-12(13)17-14(20)7-3-9-16(22)23/h1-2,5-6,11H,3-4,7-10H2,(H,17,20)(H,18,21)(H,22,23). The summed E-state index contributed by atoms with van der Waals surface area (Å²) in [6.45, 7) is 0.492. The normalized spacial score (nSPS) is 9.83. The second-order valence-corrected chi connectivity index (χ2v) is 4.96. The molecule has 0 aliphatic heterocycles. The van der Waals surface area contributed by atoms with Crippen LogP contribution in [0.3, 0.4) is 0 Å². The van der Waals surface area contributed by atoms with Crippen LogP contribution in [0.5, 0.6) is 0 Å². The minimum Gasteiger partial charge on any atom is -0.481 e. The summed E-state index contributed by atoms with van der Waals surface area (Å²) in [6.07, 6.45) is 0.821. The molecule has 8 nitrogen and oxygen atoms in total. The van der Waals surface area contributed by atoms with Crippen molar-refractivity contribution < 1.29 is 29.0 Å². The molecule has 2 amide bonds. The number of amides is 2. The molecule has 1 aromatic carbocycles. The van der Waals surface area contributed by atoms with Crippen molar-refractivity contribution in [1.29, 1.82) is 0 Å². The molecule has 0 aromatic heterocycles. The van der Waals surface area contributed by atoms with E-state index in [1.165, 1.54) is 0 Å². The van der Waals surface area contributed by atoms with E-state index in [-0.39, 0.29) is 44.1 Å². The van der Waals surface area contributed by atoms with Gasteiger partial charge in [-0.3, -0.25) is 19.2 Å². The van der Waals surface area contributed by atoms with Crippen LogP contribution in [0, 0.1) is 0 Å². The van der Waals surface area contributed by atoms with Gasteiger partial charge in [0.25, 0.3) is 6.47 Å². The molecule has 0 atom stereocenters. The second kappa shape index (κ2) is 10.8. The molecule has 0 fully saturated rings. The number of carboxylic acids is 1. The van der Waals surface area contributed by atoms with Crippen molar-refractivity contribution in [2.24, 2.45) is 0 Å². The molecular weight excluding hydrogens is 316 g/mol. The Bertz CT molecular complexity index is 588. The second-order valence-electron chi connectivity index (χ2n) is 4.96. The Morgan fingerprint density at radius 2 is 1.50 bits per heavy atom. The monoisotopic (exact) mass is 336 g/mol. The number of carboxylic acid groups (broad SMARTS) is 1. The highest BCUT2D eigenvalue weighted by Crippen LogP contribution is 2.21. The fourth-order valence-electron chi connectivity index (χ4n) is 1.89. The maximum absolute atomic E-state index is 11.8. The molecule has 0 bridgehead atoms. The highest BCUT2D eigenvalue weighted by molar-refractivity contribution is 5.99. The predicted molar refractivity (Wildman–Crippen MR) is 86.4 cm³/mol. The molecule has 130 valence electrons. The lowest BCUT2D eigenvalue weighted by Crippen LogP contribution is -2.16. The van der Waals surface area contributed by atoms with Crippen LogP contribution in [0.4, 0.5) is 11.4 Å². The maximum atomic E-state index is 11.8. The topological polar surface area (TPSA) is 122 Å². The summed E-state index contributed by atoms with van der Waals surface area (Å²) in [6, 6.07) is 6.71. The zero-order valence-electron chi connectivity index (χ0n) is 13.1. The summed E-state index contributed by atoms with van der Waals surface area (Å²) in [7, 11) is 0. The summed E-state index contributed by atoms with van der Waals surface area (Å²) < 4.78 is 4.51. The molecule has 0 aliphatic rings. The Morgan fingerprint density at radius 1 is 0.958 bits per heavy atom. The van der Waals surface area contributed by atoms with Gasteiger partial charge in [-0.15, -0.1) is 0 Å². The van der Waals surface area contributed by atoms with Crippen LogP contribution in [-0.4, -0.2) is 36.0 Å². The summed E-state index contributed by atoms with van der Waals surface area (Å²) in [5, 5.41) is 13.9. The van der Waals surface area contributed by atoms with E-state index in [1.807, 2.05) is 0 Å². The number of para-hydroxylation sites is 2. The number of hydrogen-bond acceptors (Lipinski definition) is 5. The lowest BCUT2D eigenvalue weighted by atomic mass is 10.2. The van der Waals surface area contributed by atoms with Crippen molar-refractivity contribution >= 4 is 35.6 Å². The molecule has 0 unspecified atom stereocenters. The number of benzene rings is 1. The van der Waals surface area contributed by atoms with Crippen LogP contribution in [0.1, 0.15) is 32.1 Å². The third-order valence-corrected chi connectivity index (χ3v) is 3.00. The number of ether oxygens (including phenoxy) is 1. The van der Waals surface area contributed by atoms with Crippen LogP contribution < -0.4 is 10.6 Å². The Balaban J connectivity index is 2.51. The van der Waals surface area contributed by atoms with Crippen molar-refractivity contribution in [3.8, 4) is 0 Å². The van der Waals surface area contributed by atoms with E-state index in [0.717, 1.165) is 0 Å². The fraction of sp³-hybridized carbons (Fsp3) is 0.375. The first kappa shape index (κ1) is 19.1. The molecule has 8 heteroatoms. The van der Waals surface area contributed by atoms with E-state index in [9.17, 15) is 19.2 Å². The molecule has 0 aliphatic carbocycles. The van der Waals surface area contributed by atoms with Gasteiger partial charge in [0.05, 0.1) is 18.0 Å². The van der Waals surface area contributed by atoms with E-state index >= 15 is 0 Å². The van der Waals surface area contributed by atoms with Crippen molar-refractivity contribution in [1.82, 2.24) is 0 Å². The minimum atomic E-state index is -0.950. The summed E-state index contributed by atoms with van der Waals surface area (Å²) in [5.41, 5.74) is 0.890. The first-order valence-electron chi connectivity index (χ1n) is 7.48. The summed E-state index contributed by atoms with van der Waals surface area (Å²) in [5.74, 6) is -1.54. The van der Waals surface area contributed by atoms with Crippen LogP contribution in [0.15, 0.2) is 24.3 Å². The summed E-state index contributed by atoms with van der Waals surface area (Å²) >= 11 is 0. The molecule has 0 saturated carbocycles. The number of aliphatic carboxylic acids is 1. The van der Waals surface area contributed by atoms with Crippen molar-refractivity contribution in [3.63, 3.8) is 0 Å². The molecule has 0 saturated heterocycles. The number of nitrogens with one attached hydrogen (secondary N) is 2. The van der Waals surface area contributed by atoms with Gasteiger partial charge in [-0.25, -0.2) is 0 Å². The average Bonchev–Trinajstić information content (AvgIpc) is 2.53. The van der Waals surface area contributed by atoms with Gasteiger partial charge in [0, 0.05) is 19.3 Å². The van der Waals surface area contributed by atoms with Crippen molar-refractivity contribution in [2.45, 2.75) is 32.1 Å². The van der Waals surface area contributed by atoms with Crippen molar-refractivity contribution in [3.05, 3.63) is 24.3 Å². The van der Waals surface area contributed by atoms with Crippen LogP contribution in [0.25, 0.3) is 0 Å². The van der Waals surface area contributed by atoms with Crippen LogP contribution in [0.2, 0.25) is 0 Å². The van der Waals surface area contributed by atoms with Gasteiger partial charge in [0.2, 0.25) is 11.8 Å². The van der Waals surface area contributed by atoms with Crippen LogP contribution in [-0.2, 0) is 23.9 Å². The molecule has 1 aromatic rings. The Hall–Kier alpha value is -2.90. The van der Waals surface area contributed by atoms with Gasteiger partial charge in [-0.1, -0.05) is 12.1 Å². The van der Waals surface area contributed by atoms with Gasteiger partial charge >= 0.3 is 5.97 Å². The molecule has 3 N–H and O–H groups in total. The predicted octanol–water partition coefficient (Wildman–Crippen LogP) is 1.77. The first-order valence-corrected chi connectivity index (χ1v) is 7.48. The third-order valence-electron chi connectivity index (χ3n) is 3.00. The number of rotatable bonds is 11. The SMILES string of the molecule is O=COCCCC(=O)Nc1ccccc1NC(=O)CCCC(=O)O. The summed E-state index contributed by atoms with van der Waals surface area (Å²) in [4.78, 5) is 44.1. The van der Waals surface area contributed by atoms with E-state index in [4.69, 9.17) is 5.11 Å².